The van der Waals surface area contributed by atoms with Crippen molar-refractivity contribution in [3.63, 3.8) is 0 Å². The first kappa shape index (κ1) is 25.6. The maximum absolute atomic E-state index is 12.4. The van der Waals surface area contributed by atoms with E-state index in [1.165, 1.54) is 6.33 Å². The summed E-state index contributed by atoms with van der Waals surface area (Å²) in [6.07, 6.45) is 7.09. The molecule has 0 aromatic carbocycles. The molecule has 4 N–H and O–H groups in total. The number of piperazine rings is 1. The fraction of sp³-hybridized carbons (Fsp3) is 0.462. The number of hydrogen-bond donors (Lipinski definition) is 3. The molecule has 12 nitrogen and oxygen atoms in total. The van der Waals surface area contributed by atoms with Crippen LogP contribution in [0.25, 0.3) is 33.3 Å². The Hall–Kier alpha value is -4.06. The first-order valence-electron chi connectivity index (χ1n) is 13.2. The largest absolute Gasteiger partial charge is 0.383 e. The minimum atomic E-state index is -0.0921. The lowest BCUT2D eigenvalue weighted by molar-refractivity contribution is -0.135. The molecule has 0 aliphatic carbocycles. The van der Waals surface area contributed by atoms with E-state index in [9.17, 15) is 9.59 Å². The summed E-state index contributed by atoms with van der Waals surface area (Å²) in [5, 5.41) is 9.42. The van der Waals surface area contributed by atoms with Gasteiger partial charge in [0.05, 0.1) is 5.39 Å². The van der Waals surface area contributed by atoms with E-state index in [1.54, 1.807) is 6.20 Å². The van der Waals surface area contributed by atoms with E-state index in [2.05, 4.69) is 37.1 Å². The summed E-state index contributed by atoms with van der Waals surface area (Å²) in [4.78, 5) is 45.0. The fourth-order valence-corrected chi connectivity index (χ4v) is 4.85. The zero-order chi connectivity index (χ0) is 26.5. The SMILES string of the molecule is CCN1CCN(C(=O)CCC(=O)NCCCCn2nc(-c3cnc4[nH]ccc4c3)c3c(N)ncnc32)CC1. The lowest BCUT2D eigenvalue weighted by Gasteiger charge is -2.34. The van der Waals surface area contributed by atoms with Gasteiger partial charge in [-0.15, -0.1) is 0 Å². The zero-order valence-corrected chi connectivity index (χ0v) is 21.7. The molecule has 5 rings (SSSR count). The number of nitrogens with two attached hydrogens (primary N) is 1. The second kappa shape index (κ2) is 11.5. The van der Waals surface area contributed by atoms with Crippen molar-refractivity contribution in [3.05, 3.63) is 30.9 Å². The normalized spacial score (nSPS) is 14.4. The highest BCUT2D eigenvalue weighted by molar-refractivity contribution is 5.99. The number of rotatable bonds is 10. The van der Waals surface area contributed by atoms with Crippen molar-refractivity contribution in [2.45, 2.75) is 39.2 Å². The molecule has 0 spiro atoms. The lowest BCUT2D eigenvalue weighted by Crippen LogP contribution is -2.48. The van der Waals surface area contributed by atoms with E-state index in [0.29, 0.717) is 35.6 Å². The van der Waals surface area contributed by atoms with Gasteiger partial charge in [-0.2, -0.15) is 5.10 Å². The Bertz CT molecular complexity index is 1420. The van der Waals surface area contributed by atoms with Crippen LogP contribution in [0.15, 0.2) is 30.9 Å². The van der Waals surface area contributed by atoms with Gasteiger partial charge in [-0.1, -0.05) is 6.92 Å². The average molecular weight is 519 g/mol. The highest BCUT2D eigenvalue weighted by Crippen LogP contribution is 2.31. The number of anilines is 1. The molecule has 1 aliphatic heterocycles. The van der Waals surface area contributed by atoms with Crippen molar-refractivity contribution < 1.29 is 9.59 Å². The van der Waals surface area contributed by atoms with E-state index in [-0.39, 0.29) is 24.7 Å². The number of aryl methyl sites for hydroxylation is 1. The number of aromatic nitrogens is 6. The molecule has 1 saturated heterocycles. The number of likely N-dealkylation sites (N-methyl/N-ethyl adjacent to an activating group) is 1. The molecule has 1 aliphatic rings. The van der Waals surface area contributed by atoms with Crippen LogP contribution in [-0.4, -0.2) is 90.6 Å². The van der Waals surface area contributed by atoms with Gasteiger partial charge >= 0.3 is 0 Å². The fourth-order valence-electron chi connectivity index (χ4n) is 4.85. The van der Waals surface area contributed by atoms with Gasteiger partial charge < -0.3 is 25.8 Å². The van der Waals surface area contributed by atoms with Crippen molar-refractivity contribution in [2.75, 3.05) is 45.0 Å². The third-order valence-electron chi connectivity index (χ3n) is 7.09. The van der Waals surface area contributed by atoms with E-state index >= 15 is 0 Å². The number of nitrogens with one attached hydrogen (secondary N) is 2. The van der Waals surface area contributed by atoms with Crippen LogP contribution in [0, 0.1) is 0 Å². The third kappa shape index (κ3) is 5.59. The van der Waals surface area contributed by atoms with E-state index in [0.717, 1.165) is 62.2 Å². The van der Waals surface area contributed by atoms with E-state index < -0.39 is 0 Å². The van der Waals surface area contributed by atoms with Gasteiger partial charge in [0, 0.05) is 75.5 Å². The maximum atomic E-state index is 12.4. The quantitative estimate of drug-likeness (QED) is 0.269. The molecule has 5 heterocycles. The number of unbranched alkanes of at least 4 members (excludes halogenated alkanes) is 1. The molecular weight excluding hydrogens is 484 g/mol. The van der Waals surface area contributed by atoms with E-state index in [4.69, 9.17) is 10.8 Å². The number of fused-ring (bicyclic) bond motifs is 2. The first-order chi connectivity index (χ1) is 18.5. The number of carbonyl (C=O) groups is 2. The highest BCUT2D eigenvalue weighted by atomic mass is 16.2. The lowest BCUT2D eigenvalue weighted by atomic mass is 10.1. The summed E-state index contributed by atoms with van der Waals surface area (Å²) in [7, 11) is 0. The molecule has 4 aromatic rings. The topological polar surface area (TPSA) is 151 Å². The van der Waals surface area contributed by atoms with Gasteiger partial charge in [-0.05, 0) is 31.5 Å². The summed E-state index contributed by atoms with van der Waals surface area (Å²) in [6, 6.07) is 3.98. The Morgan fingerprint density at radius 1 is 1.11 bits per heavy atom. The van der Waals surface area contributed by atoms with Crippen LogP contribution in [0.4, 0.5) is 5.82 Å². The molecule has 0 unspecified atom stereocenters. The van der Waals surface area contributed by atoms with Crippen LogP contribution < -0.4 is 11.1 Å². The second-order valence-corrected chi connectivity index (χ2v) is 9.54. The minimum Gasteiger partial charge on any atom is -0.383 e. The number of nitrogens with zero attached hydrogens (tertiary/aromatic N) is 7. The Kier molecular flexibility index (Phi) is 7.78. The number of H-pyrrole nitrogens is 1. The van der Waals surface area contributed by atoms with Gasteiger partial charge in [0.1, 0.15) is 23.5 Å². The smallest absolute Gasteiger partial charge is 0.223 e. The van der Waals surface area contributed by atoms with Crippen LogP contribution >= 0.6 is 0 Å². The van der Waals surface area contributed by atoms with Gasteiger partial charge in [0.2, 0.25) is 11.8 Å². The standard InChI is InChI=1S/C26H34N10O2/c1-2-34-11-13-35(14-12-34)21(38)6-5-20(37)28-8-3-4-10-36-26-22(24(27)31-17-32-26)23(33-36)19-15-18-7-9-29-25(18)30-16-19/h7,9,15-17H,2-6,8,10-14H2,1H3,(H,28,37)(H,29,30)(H2,27,31,32). The third-order valence-corrected chi connectivity index (χ3v) is 7.09. The Morgan fingerprint density at radius 2 is 1.95 bits per heavy atom. The summed E-state index contributed by atoms with van der Waals surface area (Å²) < 4.78 is 1.84. The molecule has 12 heteroatoms. The summed E-state index contributed by atoms with van der Waals surface area (Å²) in [5.74, 6) is 0.342. The molecule has 0 atom stereocenters. The second-order valence-electron chi connectivity index (χ2n) is 9.54. The van der Waals surface area contributed by atoms with Crippen LogP contribution in [-0.2, 0) is 16.1 Å². The Balaban J connectivity index is 1.11. The van der Waals surface area contributed by atoms with Gasteiger partial charge in [-0.3, -0.25) is 9.59 Å². The first-order valence-corrected chi connectivity index (χ1v) is 13.2. The average Bonchev–Trinajstić information content (AvgIpc) is 3.56. The molecule has 38 heavy (non-hydrogen) atoms. The monoisotopic (exact) mass is 518 g/mol. The predicted molar refractivity (Wildman–Crippen MR) is 145 cm³/mol. The van der Waals surface area contributed by atoms with Crippen molar-refractivity contribution in [1.82, 2.24) is 44.8 Å². The molecule has 0 saturated carbocycles. The number of aromatic amines is 1. The predicted octanol–water partition coefficient (Wildman–Crippen LogP) is 1.79. The molecule has 4 aromatic heterocycles. The number of amides is 2. The Morgan fingerprint density at radius 3 is 2.76 bits per heavy atom. The van der Waals surface area contributed by atoms with E-state index in [1.807, 2.05) is 27.9 Å². The Labute approximate surface area is 220 Å². The highest BCUT2D eigenvalue weighted by Gasteiger charge is 2.21. The molecule has 200 valence electrons. The summed E-state index contributed by atoms with van der Waals surface area (Å²) in [6.45, 7) is 7.58. The molecule has 0 bridgehead atoms. The van der Waals surface area contributed by atoms with Gasteiger partial charge in [0.25, 0.3) is 0 Å². The van der Waals surface area contributed by atoms with Crippen LogP contribution in [0.1, 0.15) is 32.6 Å². The molecule has 0 radical (unpaired) electrons. The van der Waals surface area contributed by atoms with Crippen LogP contribution in [0.5, 0.6) is 0 Å². The number of nitrogen functional groups attached to an aromatic ring is 1. The maximum Gasteiger partial charge on any atom is 0.223 e. The molecule has 1 fully saturated rings. The summed E-state index contributed by atoms with van der Waals surface area (Å²) in [5.41, 5.74) is 9.23. The summed E-state index contributed by atoms with van der Waals surface area (Å²) >= 11 is 0. The van der Waals surface area contributed by atoms with Gasteiger partial charge in [-0.25, -0.2) is 19.6 Å². The van der Waals surface area contributed by atoms with Gasteiger partial charge in [0.15, 0.2) is 5.65 Å². The van der Waals surface area contributed by atoms with Crippen LogP contribution in [0.3, 0.4) is 0 Å². The number of hydrogen-bond acceptors (Lipinski definition) is 8. The van der Waals surface area contributed by atoms with Crippen molar-refractivity contribution in [1.29, 1.82) is 0 Å². The molecule has 2 amide bonds. The van der Waals surface area contributed by atoms with Crippen molar-refractivity contribution in [3.8, 4) is 11.3 Å². The van der Waals surface area contributed by atoms with Crippen LogP contribution in [0.2, 0.25) is 0 Å². The molecular formula is C26H34N10O2. The number of pyridine rings is 1. The minimum absolute atomic E-state index is 0.0596. The van der Waals surface area contributed by atoms with Crippen molar-refractivity contribution >= 4 is 39.7 Å². The van der Waals surface area contributed by atoms with Crippen molar-refractivity contribution in [2.24, 2.45) is 0 Å². The number of carbonyl (C=O) groups excluding carboxylic acids is 2. The zero-order valence-electron chi connectivity index (χ0n) is 21.7.